The van der Waals surface area contributed by atoms with Gasteiger partial charge in [0.15, 0.2) is 0 Å². The topological polar surface area (TPSA) is 61.8 Å². The van der Waals surface area contributed by atoms with Gasteiger partial charge in [0.2, 0.25) is 0 Å². The fourth-order valence-electron chi connectivity index (χ4n) is 1.30. The van der Waals surface area contributed by atoms with Gasteiger partial charge in [-0.15, -0.1) is 0 Å². The summed E-state index contributed by atoms with van der Waals surface area (Å²) in [6.45, 7) is 0. The Balaban J connectivity index is 2.07. The van der Waals surface area contributed by atoms with Gasteiger partial charge in [-0.1, -0.05) is 0 Å². The van der Waals surface area contributed by atoms with Crippen LogP contribution in [-0.2, 0) is 6.42 Å². The van der Waals surface area contributed by atoms with Crippen molar-refractivity contribution in [3.63, 3.8) is 0 Å². The molecule has 14 heavy (non-hydrogen) atoms. The standard InChI is InChI=1S/C10H11N3O/c14-9(7-10-12-5-6-13-10)8-1-3-11-4-2-8/h1-6,9,14H,7H2,(H,12,13). The Labute approximate surface area is 81.7 Å². The lowest BCUT2D eigenvalue weighted by Gasteiger charge is -2.07. The van der Waals surface area contributed by atoms with Crippen molar-refractivity contribution in [2.24, 2.45) is 0 Å². The zero-order valence-electron chi connectivity index (χ0n) is 7.59. The smallest absolute Gasteiger partial charge is 0.108 e. The van der Waals surface area contributed by atoms with E-state index in [9.17, 15) is 5.11 Å². The van der Waals surface area contributed by atoms with Crippen molar-refractivity contribution >= 4 is 0 Å². The van der Waals surface area contributed by atoms with Crippen LogP contribution in [0.4, 0.5) is 0 Å². The molecule has 0 saturated heterocycles. The monoisotopic (exact) mass is 189 g/mol. The second-order valence-electron chi connectivity index (χ2n) is 3.04. The molecular formula is C10H11N3O. The molecule has 0 bridgehead atoms. The van der Waals surface area contributed by atoms with Crippen LogP contribution in [0.5, 0.6) is 0 Å². The largest absolute Gasteiger partial charge is 0.388 e. The van der Waals surface area contributed by atoms with Crippen LogP contribution >= 0.6 is 0 Å². The van der Waals surface area contributed by atoms with Crippen molar-refractivity contribution in [2.75, 3.05) is 0 Å². The Morgan fingerprint density at radius 1 is 1.29 bits per heavy atom. The average molecular weight is 189 g/mol. The Kier molecular flexibility index (Phi) is 2.55. The highest BCUT2D eigenvalue weighted by Crippen LogP contribution is 2.14. The molecule has 2 aromatic heterocycles. The number of nitrogens with zero attached hydrogens (tertiary/aromatic N) is 2. The molecule has 0 radical (unpaired) electrons. The van der Waals surface area contributed by atoms with Crippen LogP contribution < -0.4 is 0 Å². The fourth-order valence-corrected chi connectivity index (χ4v) is 1.30. The number of hydrogen-bond acceptors (Lipinski definition) is 3. The molecule has 4 heteroatoms. The van der Waals surface area contributed by atoms with Gasteiger partial charge in [-0.3, -0.25) is 4.98 Å². The number of aliphatic hydroxyl groups is 1. The lowest BCUT2D eigenvalue weighted by atomic mass is 10.1. The number of H-pyrrole nitrogens is 1. The van der Waals surface area contributed by atoms with E-state index in [-0.39, 0.29) is 0 Å². The van der Waals surface area contributed by atoms with E-state index < -0.39 is 6.10 Å². The van der Waals surface area contributed by atoms with Gasteiger partial charge in [0.25, 0.3) is 0 Å². The SMILES string of the molecule is OC(Cc1ncc[nH]1)c1ccncc1. The quantitative estimate of drug-likeness (QED) is 0.759. The van der Waals surface area contributed by atoms with Crippen LogP contribution in [0.1, 0.15) is 17.5 Å². The van der Waals surface area contributed by atoms with Crippen LogP contribution in [0.3, 0.4) is 0 Å². The highest BCUT2D eigenvalue weighted by molar-refractivity contribution is 5.14. The minimum Gasteiger partial charge on any atom is -0.388 e. The zero-order valence-corrected chi connectivity index (χ0v) is 7.59. The molecule has 0 fully saturated rings. The third-order valence-electron chi connectivity index (χ3n) is 2.03. The highest BCUT2D eigenvalue weighted by Gasteiger charge is 2.08. The molecule has 1 unspecified atom stereocenters. The number of aromatic nitrogens is 3. The van der Waals surface area contributed by atoms with Gasteiger partial charge in [0, 0.05) is 31.2 Å². The van der Waals surface area contributed by atoms with Crippen LogP contribution in [0.15, 0.2) is 36.9 Å². The first-order valence-corrected chi connectivity index (χ1v) is 4.42. The van der Waals surface area contributed by atoms with E-state index in [2.05, 4.69) is 15.0 Å². The molecule has 0 aliphatic carbocycles. The Hall–Kier alpha value is -1.68. The zero-order chi connectivity index (χ0) is 9.80. The van der Waals surface area contributed by atoms with E-state index in [4.69, 9.17) is 0 Å². The van der Waals surface area contributed by atoms with E-state index in [0.29, 0.717) is 6.42 Å². The maximum atomic E-state index is 9.80. The van der Waals surface area contributed by atoms with Gasteiger partial charge >= 0.3 is 0 Å². The number of rotatable bonds is 3. The van der Waals surface area contributed by atoms with Crippen LogP contribution in [0, 0.1) is 0 Å². The van der Waals surface area contributed by atoms with E-state index >= 15 is 0 Å². The van der Waals surface area contributed by atoms with Crippen LogP contribution in [-0.4, -0.2) is 20.1 Å². The molecule has 72 valence electrons. The first-order chi connectivity index (χ1) is 6.86. The first kappa shape index (κ1) is 8.90. The molecule has 0 aliphatic rings. The van der Waals surface area contributed by atoms with E-state index in [1.807, 2.05) is 0 Å². The van der Waals surface area contributed by atoms with Gasteiger partial charge in [-0.05, 0) is 17.7 Å². The van der Waals surface area contributed by atoms with Crippen LogP contribution in [0.2, 0.25) is 0 Å². The summed E-state index contributed by atoms with van der Waals surface area (Å²) < 4.78 is 0. The maximum absolute atomic E-state index is 9.80. The minimum absolute atomic E-state index is 0.497. The summed E-state index contributed by atoms with van der Waals surface area (Å²) >= 11 is 0. The molecule has 4 nitrogen and oxygen atoms in total. The van der Waals surface area contributed by atoms with Crippen molar-refractivity contribution in [1.82, 2.24) is 15.0 Å². The van der Waals surface area contributed by atoms with Crippen molar-refractivity contribution in [3.05, 3.63) is 48.3 Å². The lowest BCUT2D eigenvalue weighted by Crippen LogP contribution is -2.02. The van der Waals surface area contributed by atoms with Gasteiger partial charge in [0.05, 0.1) is 6.10 Å². The predicted octanol–water partition coefficient (Wildman–Crippen LogP) is 1.08. The molecule has 0 aromatic carbocycles. The number of pyridine rings is 1. The number of aliphatic hydroxyl groups excluding tert-OH is 1. The summed E-state index contributed by atoms with van der Waals surface area (Å²) in [5.74, 6) is 0.786. The normalized spacial score (nSPS) is 12.6. The summed E-state index contributed by atoms with van der Waals surface area (Å²) in [5.41, 5.74) is 0.858. The number of nitrogens with one attached hydrogen (secondary N) is 1. The molecule has 1 atom stereocenters. The fraction of sp³-hybridized carbons (Fsp3) is 0.200. The van der Waals surface area contributed by atoms with Gasteiger partial charge < -0.3 is 10.1 Å². The van der Waals surface area contributed by atoms with Crippen LogP contribution in [0.25, 0.3) is 0 Å². The molecule has 0 saturated carbocycles. The van der Waals surface area contributed by atoms with E-state index in [1.54, 1.807) is 36.9 Å². The molecule has 2 N–H and O–H groups in total. The molecule has 0 aliphatic heterocycles. The summed E-state index contributed by atoms with van der Waals surface area (Å²) in [6.07, 6.45) is 6.73. The second kappa shape index (κ2) is 4.02. The van der Waals surface area contributed by atoms with Crippen molar-refractivity contribution in [2.45, 2.75) is 12.5 Å². The number of hydrogen-bond donors (Lipinski definition) is 2. The first-order valence-electron chi connectivity index (χ1n) is 4.42. The van der Waals surface area contributed by atoms with Crippen molar-refractivity contribution < 1.29 is 5.11 Å². The molecule has 2 rings (SSSR count). The molecule has 0 spiro atoms. The van der Waals surface area contributed by atoms with Gasteiger partial charge in [-0.25, -0.2) is 4.98 Å². The predicted molar refractivity (Wildman–Crippen MR) is 51.5 cm³/mol. The average Bonchev–Trinajstić information content (AvgIpc) is 2.72. The molecule has 2 heterocycles. The van der Waals surface area contributed by atoms with Gasteiger partial charge in [0.1, 0.15) is 5.82 Å². The summed E-state index contributed by atoms with van der Waals surface area (Å²) in [4.78, 5) is 10.9. The third-order valence-corrected chi connectivity index (χ3v) is 2.03. The summed E-state index contributed by atoms with van der Waals surface area (Å²) in [5, 5.41) is 9.80. The Bertz CT molecular complexity index is 372. The van der Waals surface area contributed by atoms with Crippen molar-refractivity contribution in [1.29, 1.82) is 0 Å². The highest BCUT2D eigenvalue weighted by atomic mass is 16.3. The Morgan fingerprint density at radius 3 is 2.71 bits per heavy atom. The second-order valence-corrected chi connectivity index (χ2v) is 3.04. The van der Waals surface area contributed by atoms with Gasteiger partial charge in [-0.2, -0.15) is 0 Å². The summed E-state index contributed by atoms with van der Waals surface area (Å²) in [6, 6.07) is 3.60. The molecule has 0 amide bonds. The number of aromatic amines is 1. The van der Waals surface area contributed by atoms with E-state index in [0.717, 1.165) is 11.4 Å². The van der Waals surface area contributed by atoms with E-state index in [1.165, 1.54) is 0 Å². The number of imidazole rings is 1. The third kappa shape index (κ3) is 1.97. The molecular weight excluding hydrogens is 178 g/mol. The van der Waals surface area contributed by atoms with Crippen molar-refractivity contribution in [3.8, 4) is 0 Å². The molecule has 2 aromatic rings. The lowest BCUT2D eigenvalue weighted by molar-refractivity contribution is 0.176. The minimum atomic E-state index is -0.524. The maximum Gasteiger partial charge on any atom is 0.108 e. The summed E-state index contributed by atoms with van der Waals surface area (Å²) in [7, 11) is 0. The Morgan fingerprint density at radius 2 is 2.07 bits per heavy atom.